The molecule has 0 fully saturated rings. The van der Waals surface area contributed by atoms with Crippen LogP contribution in [-0.4, -0.2) is 24.2 Å². The number of hydrogen-bond donors (Lipinski definition) is 2. The van der Waals surface area contributed by atoms with Crippen LogP contribution in [0.3, 0.4) is 0 Å². The molecule has 0 atom stereocenters. The van der Waals surface area contributed by atoms with Crippen molar-refractivity contribution >= 4 is 5.97 Å². The molecule has 0 saturated heterocycles. The van der Waals surface area contributed by atoms with E-state index in [4.69, 9.17) is 15.6 Å². The van der Waals surface area contributed by atoms with Gasteiger partial charge in [-0.2, -0.15) is 0 Å². The number of halogens is 1. The lowest BCUT2D eigenvalue weighted by molar-refractivity contribution is -0.148. The minimum absolute atomic E-state index is 0.0603. The van der Waals surface area contributed by atoms with Gasteiger partial charge in [0, 0.05) is 0 Å². The van der Waals surface area contributed by atoms with Crippen LogP contribution < -0.4 is 10.5 Å². The minimum Gasteiger partial charge on any atom is -0.489 e. The van der Waals surface area contributed by atoms with Gasteiger partial charge in [-0.15, -0.1) is 0 Å². The van der Waals surface area contributed by atoms with Crippen molar-refractivity contribution in [1.82, 2.24) is 0 Å². The van der Waals surface area contributed by atoms with E-state index in [9.17, 15) is 9.18 Å². The van der Waals surface area contributed by atoms with E-state index in [-0.39, 0.29) is 12.4 Å². The van der Waals surface area contributed by atoms with Crippen LogP contribution in [0.4, 0.5) is 4.39 Å². The topological polar surface area (TPSA) is 72.5 Å². The smallest absolute Gasteiger partial charge is 0.312 e. The molecule has 0 heterocycles. The second-order valence-electron chi connectivity index (χ2n) is 4.78. The molecule has 0 bridgehead atoms. The highest BCUT2D eigenvalue weighted by molar-refractivity contribution is 5.73. The van der Waals surface area contributed by atoms with Gasteiger partial charge in [-0.1, -0.05) is 6.07 Å². The van der Waals surface area contributed by atoms with Gasteiger partial charge in [0.2, 0.25) is 0 Å². The van der Waals surface area contributed by atoms with E-state index in [2.05, 4.69) is 0 Å². The van der Waals surface area contributed by atoms with E-state index in [1.54, 1.807) is 6.07 Å². The van der Waals surface area contributed by atoms with Crippen LogP contribution >= 0.6 is 0 Å². The molecule has 0 unspecified atom stereocenters. The number of carboxylic acid groups (broad SMARTS) is 1. The van der Waals surface area contributed by atoms with Crippen LogP contribution in [-0.2, 0) is 11.2 Å². The predicted octanol–water partition coefficient (Wildman–Crippen LogP) is 1.82. The Hall–Kier alpha value is -1.62. The highest BCUT2D eigenvalue weighted by Crippen LogP contribution is 2.22. The largest absolute Gasteiger partial charge is 0.489 e. The monoisotopic (exact) mass is 255 g/mol. The van der Waals surface area contributed by atoms with Gasteiger partial charge in [0.1, 0.15) is 6.61 Å². The van der Waals surface area contributed by atoms with Crippen LogP contribution in [0, 0.1) is 11.2 Å². The zero-order valence-electron chi connectivity index (χ0n) is 10.6. The van der Waals surface area contributed by atoms with Crippen molar-refractivity contribution in [2.24, 2.45) is 11.1 Å². The molecule has 100 valence electrons. The van der Waals surface area contributed by atoms with Gasteiger partial charge in [-0.05, 0) is 44.5 Å². The average Bonchev–Trinajstić information content (AvgIpc) is 2.28. The lowest BCUT2D eigenvalue weighted by Crippen LogP contribution is -2.30. The van der Waals surface area contributed by atoms with Crippen molar-refractivity contribution in [2.75, 3.05) is 13.2 Å². The number of benzene rings is 1. The lowest BCUT2D eigenvalue weighted by Gasteiger charge is -2.19. The first kappa shape index (κ1) is 14.4. The Kier molecular flexibility index (Phi) is 4.67. The minimum atomic E-state index is -1.05. The predicted molar refractivity (Wildman–Crippen MR) is 66.1 cm³/mol. The summed E-state index contributed by atoms with van der Waals surface area (Å²) < 4.78 is 18.8. The number of carboxylic acids is 1. The van der Waals surface area contributed by atoms with Gasteiger partial charge < -0.3 is 15.6 Å². The lowest BCUT2D eigenvalue weighted by atomic mass is 9.95. The van der Waals surface area contributed by atoms with Gasteiger partial charge in [0.05, 0.1) is 5.41 Å². The molecule has 3 N–H and O–H groups in total. The van der Waals surface area contributed by atoms with E-state index in [0.717, 1.165) is 5.56 Å². The van der Waals surface area contributed by atoms with Gasteiger partial charge in [-0.25, -0.2) is 4.39 Å². The summed E-state index contributed by atoms with van der Waals surface area (Å²) in [6.45, 7) is 3.41. The first-order valence-electron chi connectivity index (χ1n) is 5.71. The zero-order chi connectivity index (χ0) is 13.8. The maximum atomic E-state index is 13.6. The summed E-state index contributed by atoms with van der Waals surface area (Å²) in [5, 5.41) is 8.92. The van der Waals surface area contributed by atoms with Gasteiger partial charge in [-0.3, -0.25) is 4.79 Å². The Morgan fingerprint density at radius 2 is 2.17 bits per heavy atom. The molecule has 0 amide bonds. The van der Waals surface area contributed by atoms with Gasteiger partial charge in [0.25, 0.3) is 0 Å². The molecule has 18 heavy (non-hydrogen) atoms. The third-order valence-electron chi connectivity index (χ3n) is 2.60. The standard InChI is InChI=1S/C13H18FNO3/c1-13(2,12(16)17)8-18-11-4-3-9(5-6-15)7-10(11)14/h3-4,7H,5-6,8,15H2,1-2H3,(H,16,17). The normalized spacial score (nSPS) is 11.3. The Bertz CT molecular complexity index is 432. The van der Waals surface area contributed by atoms with E-state index >= 15 is 0 Å². The van der Waals surface area contributed by atoms with Crippen LogP contribution in [0.15, 0.2) is 18.2 Å². The molecule has 0 saturated carbocycles. The van der Waals surface area contributed by atoms with E-state index in [1.807, 2.05) is 0 Å². The summed E-state index contributed by atoms with van der Waals surface area (Å²) in [5.41, 5.74) is 5.12. The molecular formula is C13H18FNO3. The number of aliphatic carboxylic acids is 1. The maximum Gasteiger partial charge on any atom is 0.312 e. The summed E-state index contributed by atoms with van der Waals surface area (Å²) >= 11 is 0. The molecule has 5 heteroatoms. The van der Waals surface area contributed by atoms with Crippen LogP contribution in [0.25, 0.3) is 0 Å². The molecular weight excluding hydrogens is 237 g/mol. The summed E-state index contributed by atoms with van der Waals surface area (Å²) in [6.07, 6.45) is 0.595. The zero-order valence-corrected chi connectivity index (χ0v) is 10.6. The molecule has 0 aliphatic rings. The fourth-order valence-corrected chi connectivity index (χ4v) is 1.30. The first-order chi connectivity index (χ1) is 8.36. The number of hydrogen-bond acceptors (Lipinski definition) is 3. The molecule has 0 aliphatic heterocycles. The van der Waals surface area contributed by atoms with Crippen molar-refractivity contribution in [1.29, 1.82) is 0 Å². The number of ether oxygens (including phenoxy) is 1. The second-order valence-corrected chi connectivity index (χ2v) is 4.78. The molecule has 0 aliphatic carbocycles. The van der Waals surface area contributed by atoms with Crippen LogP contribution in [0.2, 0.25) is 0 Å². The van der Waals surface area contributed by atoms with Gasteiger partial charge >= 0.3 is 5.97 Å². The first-order valence-corrected chi connectivity index (χ1v) is 5.71. The van der Waals surface area contributed by atoms with Crippen molar-refractivity contribution in [3.8, 4) is 5.75 Å². The van der Waals surface area contributed by atoms with Crippen molar-refractivity contribution in [2.45, 2.75) is 20.3 Å². The van der Waals surface area contributed by atoms with E-state index in [1.165, 1.54) is 26.0 Å². The summed E-state index contributed by atoms with van der Waals surface area (Å²) in [5.74, 6) is -1.42. The number of nitrogens with two attached hydrogens (primary N) is 1. The third kappa shape index (κ3) is 3.70. The van der Waals surface area contributed by atoms with Crippen LogP contribution in [0.1, 0.15) is 19.4 Å². The molecule has 0 aromatic heterocycles. The Labute approximate surface area is 106 Å². The molecule has 4 nitrogen and oxygen atoms in total. The number of carbonyl (C=O) groups is 1. The molecule has 1 aromatic carbocycles. The van der Waals surface area contributed by atoms with Crippen molar-refractivity contribution in [3.05, 3.63) is 29.6 Å². The van der Waals surface area contributed by atoms with Gasteiger partial charge in [0.15, 0.2) is 11.6 Å². The third-order valence-corrected chi connectivity index (χ3v) is 2.60. The fraction of sp³-hybridized carbons (Fsp3) is 0.462. The van der Waals surface area contributed by atoms with Crippen molar-refractivity contribution in [3.63, 3.8) is 0 Å². The highest BCUT2D eigenvalue weighted by atomic mass is 19.1. The quantitative estimate of drug-likeness (QED) is 0.813. The summed E-state index contributed by atoms with van der Waals surface area (Å²) in [7, 11) is 0. The summed E-state index contributed by atoms with van der Waals surface area (Å²) in [6, 6.07) is 4.58. The fourth-order valence-electron chi connectivity index (χ4n) is 1.30. The van der Waals surface area contributed by atoms with Crippen LogP contribution in [0.5, 0.6) is 5.75 Å². The average molecular weight is 255 g/mol. The molecule has 1 aromatic rings. The Morgan fingerprint density at radius 3 is 2.67 bits per heavy atom. The van der Waals surface area contributed by atoms with E-state index in [0.29, 0.717) is 13.0 Å². The molecule has 1 rings (SSSR count). The highest BCUT2D eigenvalue weighted by Gasteiger charge is 2.28. The SMILES string of the molecule is CC(C)(COc1ccc(CCN)cc1F)C(=O)O. The van der Waals surface area contributed by atoms with E-state index < -0.39 is 17.2 Å². The molecule has 0 spiro atoms. The Balaban J connectivity index is 2.71. The Morgan fingerprint density at radius 1 is 1.50 bits per heavy atom. The second kappa shape index (κ2) is 5.82. The number of rotatable bonds is 6. The van der Waals surface area contributed by atoms with Crippen molar-refractivity contribution < 1.29 is 19.0 Å². The summed E-state index contributed by atoms with van der Waals surface area (Å²) in [4.78, 5) is 10.9. The molecule has 0 radical (unpaired) electrons. The maximum absolute atomic E-state index is 13.6.